The minimum Gasteiger partial charge on any atom is -0.496 e. The molecule has 1 aliphatic rings. The SMILES string of the molecule is COc1cc(CNC(=O)c2c(OC)cc(=O)n3c2CCC3)cc(OC)c1OC. The van der Waals surface area contributed by atoms with Crippen molar-refractivity contribution in [3.63, 3.8) is 0 Å². The van der Waals surface area contributed by atoms with Gasteiger partial charge in [-0.3, -0.25) is 9.59 Å². The summed E-state index contributed by atoms with van der Waals surface area (Å²) in [6, 6.07) is 4.92. The molecule has 28 heavy (non-hydrogen) atoms. The van der Waals surface area contributed by atoms with E-state index in [0.29, 0.717) is 47.2 Å². The predicted molar refractivity (Wildman–Crippen MR) is 103 cm³/mol. The van der Waals surface area contributed by atoms with Crippen LogP contribution >= 0.6 is 0 Å². The fraction of sp³-hybridized carbons (Fsp3) is 0.400. The second-order valence-corrected chi connectivity index (χ2v) is 6.34. The number of nitrogens with zero attached hydrogens (tertiary/aromatic N) is 1. The zero-order chi connectivity index (χ0) is 20.3. The van der Waals surface area contributed by atoms with Crippen LogP contribution < -0.4 is 29.8 Å². The minimum atomic E-state index is -0.295. The van der Waals surface area contributed by atoms with Crippen LogP contribution in [0.1, 0.15) is 28.0 Å². The Morgan fingerprint density at radius 1 is 1.00 bits per heavy atom. The zero-order valence-electron chi connectivity index (χ0n) is 16.5. The van der Waals surface area contributed by atoms with Crippen molar-refractivity contribution in [1.29, 1.82) is 0 Å². The van der Waals surface area contributed by atoms with E-state index in [2.05, 4.69) is 5.32 Å². The molecule has 1 aromatic heterocycles. The summed E-state index contributed by atoms with van der Waals surface area (Å²) in [5.41, 5.74) is 1.76. The second kappa shape index (κ2) is 8.24. The molecule has 150 valence electrons. The number of amides is 1. The van der Waals surface area contributed by atoms with Gasteiger partial charge in [-0.15, -0.1) is 0 Å². The molecular formula is C20H24N2O6. The van der Waals surface area contributed by atoms with Crippen molar-refractivity contribution in [3.8, 4) is 23.0 Å². The van der Waals surface area contributed by atoms with Crippen LogP contribution in [0.25, 0.3) is 0 Å². The summed E-state index contributed by atoms with van der Waals surface area (Å²) in [6.45, 7) is 0.864. The van der Waals surface area contributed by atoms with Gasteiger partial charge >= 0.3 is 0 Å². The predicted octanol–water partition coefficient (Wildman–Crippen LogP) is 1.76. The highest BCUT2D eigenvalue weighted by molar-refractivity contribution is 5.98. The van der Waals surface area contributed by atoms with Gasteiger partial charge in [0.15, 0.2) is 11.5 Å². The molecule has 8 nitrogen and oxygen atoms in total. The van der Waals surface area contributed by atoms with Gasteiger partial charge in [0.2, 0.25) is 5.75 Å². The van der Waals surface area contributed by atoms with E-state index >= 15 is 0 Å². The number of carbonyl (C=O) groups is 1. The number of methoxy groups -OCH3 is 4. The number of fused-ring (bicyclic) bond motifs is 1. The van der Waals surface area contributed by atoms with Crippen LogP contribution in [0.15, 0.2) is 23.0 Å². The first-order valence-electron chi connectivity index (χ1n) is 8.91. The zero-order valence-corrected chi connectivity index (χ0v) is 16.5. The van der Waals surface area contributed by atoms with Crippen molar-refractivity contribution < 1.29 is 23.7 Å². The van der Waals surface area contributed by atoms with Crippen LogP contribution in [0.3, 0.4) is 0 Å². The molecule has 1 amide bonds. The van der Waals surface area contributed by atoms with Crippen LogP contribution in [0.4, 0.5) is 0 Å². The van der Waals surface area contributed by atoms with E-state index in [1.807, 2.05) is 0 Å². The summed E-state index contributed by atoms with van der Waals surface area (Å²) in [7, 11) is 6.06. The number of ether oxygens (including phenoxy) is 4. The van der Waals surface area contributed by atoms with Crippen molar-refractivity contribution in [2.45, 2.75) is 25.9 Å². The van der Waals surface area contributed by atoms with E-state index < -0.39 is 0 Å². The van der Waals surface area contributed by atoms with Crippen LogP contribution in [0.5, 0.6) is 23.0 Å². The van der Waals surface area contributed by atoms with Gasteiger partial charge in [0.05, 0.1) is 28.4 Å². The molecule has 8 heteroatoms. The summed E-state index contributed by atoms with van der Waals surface area (Å²) in [6.07, 6.45) is 1.49. The number of rotatable bonds is 7. The Morgan fingerprint density at radius 3 is 2.21 bits per heavy atom. The first kappa shape index (κ1) is 19.6. The second-order valence-electron chi connectivity index (χ2n) is 6.34. The van der Waals surface area contributed by atoms with E-state index in [4.69, 9.17) is 18.9 Å². The number of pyridine rings is 1. The monoisotopic (exact) mass is 388 g/mol. The van der Waals surface area contributed by atoms with Gasteiger partial charge in [0.1, 0.15) is 11.3 Å². The van der Waals surface area contributed by atoms with Gasteiger partial charge in [0.25, 0.3) is 11.5 Å². The maximum absolute atomic E-state index is 12.9. The third-order valence-electron chi connectivity index (χ3n) is 4.80. The normalized spacial score (nSPS) is 12.3. The van der Waals surface area contributed by atoms with Crippen LogP contribution in [-0.2, 0) is 19.5 Å². The highest BCUT2D eigenvalue weighted by Gasteiger charge is 2.25. The largest absolute Gasteiger partial charge is 0.496 e. The number of nitrogens with one attached hydrogen (secondary N) is 1. The van der Waals surface area contributed by atoms with E-state index in [1.54, 1.807) is 16.7 Å². The lowest BCUT2D eigenvalue weighted by Crippen LogP contribution is -2.28. The van der Waals surface area contributed by atoms with E-state index in [0.717, 1.165) is 12.0 Å². The van der Waals surface area contributed by atoms with Crippen LogP contribution in [0.2, 0.25) is 0 Å². The lowest BCUT2D eigenvalue weighted by molar-refractivity contribution is 0.0946. The average Bonchev–Trinajstić information content (AvgIpc) is 3.21. The summed E-state index contributed by atoms with van der Waals surface area (Å²) in [5.74, 6) is 1.51. The van der Waals surface area contributed by atoms with Gasteiger partial charge in [-0.2, -0.15) is 0 Å². The van der Waals surface area contributed by atoms with E-state index in [1.165, 1.54) is 34.5 Å². The average molecular weight is 388 g/mol. The Labute approximate surface area is 163 Å². The summed E-state index contributed by atoms with van der Waals surface area (Å²) in [4.78, 5) is 25.1. The van der Waals surface area contributed by atoms with Crippen molar-refractivity contribution >= 4 is 5.91 Å². The summed E-state index contributed by atoms with van der Waals surface area (Å²) < 4.78 is 22.9. The quantitative estimate of drug-likeness (QED) is 0.778. The molecule has 0 aliphatic carbocycles. The Bertz CT molecular complexity index is 925. The lowest BCUT2D eigenvalue weighted by atomic mass is 10.1. The maximum atomic E-state index is 12.9. The van der Waals surface area contributed by atoms with E-state index in [-0.39, 0.29) is 18.0 Å². The summed E-state index contributed by atoms with van der Waals surface area (Å²) >= 11 is 0. The van der Waals surface area contributed by atoms with Crippen molar-refractivity contribution in [1.82, 2.24) is 9.88 Å². The van der Waals surface area contributed by atoms with E-state index in [9.17, 15) is 9.59 Å². The highest BCUT2D eigenvalue weighted by atomic mass is 16.5. The van der Waals surface area contributed by atoms with Crippen molar-refractivity contribution in [2.24, 2.45) is 0 Å². The first-order valence-corrected chi connectivity index (χ1v) is 8.91. The molecule has 0 unspecified atom stereocenters. The molecule has 0 saturated heterocycles. The minimum absolute atomic E-state index is 0.148. The smallest absolute Gasteiger partial charge is 0.257 e. The Hall–Kier alpha value is -3.16. The van der Waals surface area contributed by atoms with Gasteiger partial charge in [0, 0.05) is 24.8 Å². The number of benzene rings is 1. The number of carbonyl (C=O) groups excluding carboxylic acids is 1. The van der Waals surface area contributed by atoms with Crippen molar-refractivity contribution in [2.75, 3.05) is 28.4 Å². The molecule has 1 N–H and O–H groups in total. The molecule has 2 heterocycles. The molecule has 0 spiro atoms. The fourth-order valence-corrected chi connectivity index (χ4v) is 3.49. The molecule has 0 saturated carbocycles. The standard InChI is InChI=1S/C20H24N2O6/c1-25-14-10-17(23)22-7-5-6-13(22)18(14)20(24)21-11-12-8-15(26-2)19(28-4)16(9-12)27-3/h8-10H,5-7,11H2,1-4H3,(H,21,24). The molecule has 0 bridgehead atoms. The molecule has 3 rings (SSSR count). The summed E-state index contributed by atoms with van der Waals surface area (Å²) in [5, 5.41) is 2.89. The molecular weight excluding hydrogens is 364 g/mol. The third kappa shape index (κ3) is 3.49. The fourth-order valence-electron chi connectivity index (χ4n) is 3.49. The molecule has 1 aliphatic heterocycles. The van der Waals surface area contributed by atoms with Gasteiger partial charge in [-0.1, -0.05) is 0 Å². The molecule has 0 atom stereocenters. The Balaban J connectivity index is 1.88. The third-order valence-corrected chi connectivity index (χ3v) is 4.80. The van der Waals surface area contributed by atoms with Crippen molar-refractivity contribution in [3.05, 3.63) is 45.4 Å². The highest BCUT2D eigenvalue weighted by Crippen LogP contribution is 2.38. The van der Waals surface area contributed by atoms with Gasteiger partial charge < -0.3 is 28.8 Å². The topological polar surface area (TPSA) is 88.0 Å². The first-order chi connectivity index (χ1) is 13.5. The van der Waals surface area contributed by atoms with Crippen LogP contribution in [0, 0.1) is 0 Å². The molecule has 0 radical (unpaired) electrons. The van der Waals surface area contributed by atoms with Gasteiger partial charge in [-0.05, 0) is 30.5 Å². The Kier molecular flexibility index (Phi) is 5.77. The molecule has 2 aromatic rings. The Morgan fingerprint density at radius 2 is 1.64 bits per heavy atom. The lowest BCUT2D eigenvalue weighted by Gasteiger charge is -2.16. The van der Waals surface area contributed by atoms with Crippen LogP contribution in [-0.4, -0.2) is 38.9 Å². The maximum Gasteiger partial charge on any atom is 0.257 e. The van der Waals surface area contributed by atoms with Gasteiger partial charge in [-0.25, -0.2) is 0 Å². The number of hydrogen-bond acceptors (Lipinski definition) is 6. The molecule has 1 aromatic carbocycles. The molecule has 0 fully saturated rings. The number of hydrogen-bond donors (Lipinski definition) is 1. The number of aromatic nitrogens is 1.